The number of nitrogens with one attached hydrogen (secondary N) is 1. The van der Waals surface area contributed by atoms with Gasteiger partial charge in [0.25, 0.3) is 5.91 Å². The Morgan fingerprint density at radius 1 is 1.12 bits per heavy atom. The first kappa shape index (κ1) is 18.3. The van der Waals surface area contributed by atoms with Crippen LogP contribution in [0.1, 0.15) is 27.3 Å². The highest BCUT2D eigenvalue weighted by atomic mass is 127. The van der Waals surface area contributed by atoms with E-state index in [0.717, 1.165) is 22.6 Å². The Balaban J connectivity index is 1.77. The van der Waals surface area contributed by atoms with Crippen molar-refractivity contribution in [2.24, 2.45) is 5.10 Å². The molecule has 0 saturated heterocycles. The van der Waals surface area contributed by atoms with Gasteiger partial charge in [-0.2, -0.15) is 5.10 Å². The van der Waals surface area contributed by atoms with E-state index in [-0.39, 0.29) is 11.7 Å². The van der Waals surface area contributed by atoms with Crippen LogP contribution in [0, 0.1) is 23.2 Å². The van der Waals surface area contributed by atoms with Crippen LogP contribution < -0.4 is 5.43 Å². The molecule has 26 heavy (non-hydrogen) atoms. The van der Waals surface area contributed by atoms with E-state index in [9.17, 15) is 9.18 Å². The number of aryl methyl sites for hydroxylation is 1. The number of carbonyl (C=O) groups is 1. The van der Waals surface area contributed by atoms with Gasteiger partial charge in [-0.3, -0.25) is 4.79 Å². The van der Waals surface area contributed by atoms with Gasteiger partial charge in [-0.05, 0) is 91.0 Å². The van der Waals surface area contributed by atoms with Crippen LogP contribution in [-0.2, 0) is 0 Å². The van der Waals surface area contributed by atoms with Gasteiger partial charge in [-0.25, -0.2) is 9.82 Å². The summed E-state index contributed by atoms with van der Waals surface area (Å²) in [5.41, 5.74) is 6.93. The average molecular weight is 461 g/mol. The van der Waals surface area contributed by atoms with Crippen molar-refractivity contribution in [3.63, 3.8) is 0 Å². The summed E-state index contributed by atoms with van der Waals surface area (Å²) >= 11 is 2.28. The Labute approximate surface area is 164 Å². The van der Waals surface area contributed by atoms with Crippen molar-refractivity contribution in [1.29, 1.82) is 0 Å². The molecule has 1 heterocycles. The van der Waals surface area contributed by atoms with E-state index >= 15 is 0 Å². The molecular weight excluding hydrogens is 444 g/mol. The van der Waals surface area contributed by atoms with Crippen molar-refractivity contribution in [1.82, 2.24) is 9.99 Å². The highest BCUT2D eigenvalue weighted by Gasteiger charge is 2.10. The van der Waals surface area contributed by atoms with Crippen LogP contribution in [0.25, 0.3) is 5.69 Å². The second-order valence-electron chi connectivity index (χ2n) is 5.84. The first-order chi connectivity index (χ1) is 12.5. The molecule has 0 spiro atoms. The number of hydrogen-bond donors (Lipinski definition) is 1. The maximum Gasteiger partial charge on any atom is 0.271 e. The number of carbonyl (C=O) groups excluding carboxylic acids is 1. The average Bonchev–Trinajstić information content (AvgIpc) is 2.90. The first-order valence-corrected chi connectivity index (χ1v) is 9.07. The summed E-state index contributed by atoms with van der Waals surface area (Å²) in [6, 6.07) is 15.6. The number of rotatable bonds is 4. The largest absolute Gasteiger partial charge is 0.318 e. The zero-order chi connectivity index (χ0) is 18.7. The predicted molar refractivity (Wildman–Crippen MR) is 109 cm³/mol. The molecule has 0 bridgehead atoms. The lowest BCUT2D eigenvalue weighted by Crippen LogP contribution is -2.17. The zero-order valence-electron chi connectivity index (χ0n) is 14.3. The minimum atomic E-state index is -0.382. The molecule has 0 radical (unpaired) electrons. The summed E-state index contributed by atoms with van der Waals surface area (Å²) in [7, 11) is 0. The van der Waals surface area contributed by atoms with Crippen LogP contribution in [-0.4, -0.2) is 16.7 Å². The highest BCUT2D eigenvalue weighted by molar-refractivity contribution is 14.1. The van der Waals surface area contributed by atoms with Crippen molar-refractivity contribution < 1.29 is 9.18 Å². The van der Waals surface area contributed by atoms with Crippen molar-refractivity contribution >= 4 is 34.7 Å². The van der Waals surface area contributed by atoms with E-state index in [0.29, 0.717) is 5.56 Å². The van der Waals surface area contributed by atoms with E-state index in [2.05, 4.69) is 62.0 Å². The number of aromatic nitrogens is 1. The fourth-order valence-electron chi connectivity index (χ4n) is 2.73. The van der Waals surface area contributed by atoms with Gasteiger partial charge >= 0.3 is 0 Å². The Bertz CT molecular complexity index is 960. The van der Waals surface area contributed by atoms with Crippen molar-refractivity contribution in [2.75, 3.05) is 0 Å². The lowest BCUT2D eigenvalue weighted by Gasteiger charge is -2.09. The number of hydrazone groups is 1. The predicted octanol–water partition coefficient (Wildman–Crippen LogP) is 4.60. The third-order valence-corrected chi connectivity index (χ3v) is 4.75. The van der Waals surface area contributed by atoms with Gasteiger partial charge in [-0.1, -0.05) is 0 Å². The highest BCUT2D eigenvalue weighted by Crippen LogP contribution is 2.20. The van der Waals surface area contributed by atoms with Gasteiger partial charge in [-0.15, -0.1) is 0 Å². The maximum atomic E-state index is 12.9. The third-order valence-electron chi connectivity index (χ3n) is 4.03. The van der Waals surface area contributed by atoms with Gasteiger partial charge in [0.15, 0.2) is 0 Å². The molecule has 6 heteroatoms. The Morgan fingerprint density at radius 3 is 2.42 bits per heavy atom. The molecule has 3 aromatic rings. The molecule has 0 aliphatic carbocycles. The molecule has 1 amide bonds. The Kier molecular flexibility index (Phi) is 5.51. The van der Waals surface area contributed by atoms with E-state index in [1.54, 1.807) is 6.21 Å². The number of nitrogens with zero attached hydrogens (tertiary/aromatic N) is 2. The third kappa shape index (κ3) is 4.01. The number of halogens is 2. The maximum absolute atomic E-state index is 12.9. The van der Waals surface area contributed by atoms with E-state index in [1.807, 2.05) is 19.9 Å². The summed E-state index contributed by atoms with van der Waals surface area (Å²) in [5, 5.41) is 4.03. The monoisotopic (exact) mass is 461 g/mol. The quantitative estimate of drug-likeness (QED) is 0.345. The molecule has 3 rings (SSSR count). The van der Waals surface area contributed by atoms with E-state index in [1.165, 1.54) is 27.8 Å². The topological polar surface area (TPSA) is 46.4 Å². The minimum Gasteiger partial charge on any atom is -0.318 e. The fourth-order valence-corrected chi connectivity index (χ4v) is 3.09. The Hall–Kier alpha value is -2.48. The molecule has 0 saturated carbocycles. The Morgan fingerprint density at radius 2 is 1.77 bits per heavy atom. The molecular formula is C20H17FIN3O. The fraction of sp³-hybridized carbons (Fsp3) is 0.100. The summed E-state index contributed by atoms with van der Waals surface area (Å²) in [4.78, 5) is 12.0. The normalized spacial score (nSPS) is 11.1. The molecule has 2 aromatic carbocycles. The van der Waals surface area contributed by atoms with Crippen molar-refractivity contribution in [3.05, 3.63) is 86.5 Å². The zero-order valence-corrected chi connectivity index (χ0v) is 16.5. The minimum absolute atomic E-state index is 0.355. The van der Waals surface area contributed by atoms with Gasteiger partial charge in [0, 0.05) is 31.8 Å². The smallest absolute Gasteiger partial charge is 0.271 e. The molecule has 1 N–H and O–H groups in total. The summed E-state index contributed by atoms with van der Waals surface area (Å²) in [5.74, 6) is -0.763. The van der Waals surface area contributed by atoms with Crippen molar-refractivity contribution in [3.8, 4) is 5.69 Å². The lowest BCUT2D eigenvalue weighted by molar-refractivity contribution is 0.0955. The van der Waals surface area contributed by atoms with Crippen molar-refractivity contribution in [2.45, 2.75) is 13.8 Å². The van der Waals surface area contributed by atoms with Crippen LogP contribution in [0.4, 0.5) is 4.39 Å². The van der Waals surface area contributed by atoms with E-state index < -0.39 is 0 Å². The number of benzene rings is 2. The molecule has 0 aliphatic heterocycles. The standard InChI is InChI=1S/C20H17FIN3O/c1-13-11-16(14(2)25(13)19-9-7-18(22)8-10-19)12-23-24-20(26)15-3-5-17(21)6-4-15/h3-12H,1-2H3,(H,24,26)/b23-12-. The summed E-state index contributed by atoms with van der Waals surface area (Å²) < 4.78 is 16.2. The lowest BCUT2D eigenvalue weighted by atomic mass is 10.2. The molecule has 132 valence electrons. The van der Waals surface area contributed by atoms with Gasteiger partial charge in [0.1, 0.15) is 5.82 Å². The molecule has 0 unspecified atom stereocenters. The van der Waals surface area contributed by atoms with Crippen LogP contribution >= 0.6 is 22.6 Å². The van der Waals surface area contributed by atoms with E-state index in [4.69, 9.17) is 0 Å². The number of amides is 1. The van der Waals surface area contributed by atoms with Crippen LogP contribution in [0.3, 0.4) is 0 Å². The first-order valence-electron chi connectivity index (χ1n) is 7.99. The summed E-state index contributed by atoms with van der Waals surface area (Å²) in [6.45, 7) is 4.04. The van der Waals surface area contributed by atoms with Crippen LogP contribution in [0.5, 0.6) is 0 Å². The van der Waals surface area contributed by atoms with Crippen LogP contribution in [0.2, 0.25) is 0 Å². The SMILES string of the molecule is Cc1cc(/C=N\NC(=O)c2ccc(F)cc2)c(C)n1-c1ccc(I)cc1. The molecule has 0 atom stereocenters. The van der Waals surface area contributed by atoms with Gasteiger partial charge in [0.2, 0.25) is 0 Å². The summed E-state index contributed by atoms with van der Waals surface area (Å²) in [6.07, 6.45) is 1.62. The molecule has 4 nitrogen and oxygen atoms in total. The second kappa shape index (κ2) is 7.82. The second-order valence-corrected chi connectivity index (χ2v) is 7.09. The van der Waals surface area contributed by atoms with Gasteiger partial charge < -0.3 is 4.57 Å². The number of hydrogen-bond acceptors (Lipinski definition) is 2. The molecule has 0 fully saturated rings. The van der Waals surface area contributed by atoms with Gasteiger partial charge in [0.05, 0.1) is 6.21 Å². The molecule has 0 aliphatic rings. The molecule has 1 aromatic heterocycles. The van der Waals surface area contributed by atoms with Crippen LogP contribution in [0.15, 0.2) is 59.7 Å².